The maximum atomic E-state index is 9.15. The first-order chi connectivity index (χ1) is 5.98. The van der Waals surface area contributed by atoms with Crippen molar-refractivity contribution < 1.29 is 5.11 Å². The van der Waals surface area contributed by atoms with Crippen LogP contribution in [0.4, 0.5) is 0 Å². The van der Waals surface area contributed by atoms with Gasteiger partial charge in [0.15, 0.2) is 6.10 Å². The van der Waals surface area contributed by atoms with Crippen molar-refractivity contribution in [2.45, 2.75) is 22.7 Å². The van der Waals surface area contributed by atoms with Crippen LogP contribution >= 0.6 is 50.7 Å². The van der Waals surface area contributed by atoms with Crippen LogP contribution in [0, 0.1) is 11.8 Å². The maximum absolute atomic E-state index is 9.15. The van der Waals surface area contributed by atoms with Crippen molar-refractivity contribution in [3.63, 3.8) is 0 Å². The first-order valence-corrected chi connectivity index (χ1v) is 5.52. The highest BCUT2D eigenvalue weighted by Gasteiger charge is 2.28. The Morgan fingerprint density at radius 3 is 2.54 bits per heavy atom. The molecule has 0 aliphatic rings. The third kappa shape index (κ3) is 7.66. The van der Waals surface area contributed by atoms with Crippen LogP contribution < -0.4 is 0 Å². The van der Waals surface area contributed by atoms with Gasteiger partial charge in [-0.15, -0.1) is 5.92 Å². The molecule has 1 atom stereocenters. The second kappa shape index (κ2) is 6.98. The minimum atomic E-state index is -1.72. The van der Waals surface area contributed by atoms with E-state index in [4.69, 9.17) is 39.9 Å². The van der Waals surface area contributed by atoms with Gasteiger partial charge in [-0.2, -0.15) is 0 Å². The molecule has 1 N–H and O–H groups in total. The van der Waals surface area contributed by atoms with Gasteiger partial charge in [0, 0.05) is 6.42 Å². The fourth-order valence-electron chi connectivity index (χ4n) is 0.469. The van der Waals surface area contributed by atoms with Gasteiger partial charge in [-0.3, -0.25) is 0 Å². The third-order valence-corrected chi connectivity index (χ3v) is 2.07. The Balaban J connectivity index is 3.83. The Hall–Kier alpha value is 0.610. The molecule has 0 aliphatic heterocycles. The van der Waals surface area contributed by atoms with Gasteiger partial charge in [-0.05, 0) is 11.4 Å². The van der Waals surface area contributed by atoms with Gasteiger partial charge in [0.1, 0.15) is 0 Å². The topological polar surface area (TPSA) is 20.2 Å². The summed E-state index contributed by atoms with van der Waals surface area (Å²) in [5.41, 5.74) is 0. The lowest BCUT2D eigenvalue weighted by Gasteiger charge is -2.12. The second-order valence-corrected chi connectivity index (χ2v) is 5.06. The summed E-state index contributed by atoms with van der Waals surface area (Å²) in [6, 6.07) is 0. The van der Waals surface area contributed by atoms with Crippen LogP contribution in [0.15, 0.2) is 11.1 Å². The van der Waals surface area contributed by atoms with E-state index in [-0.39, 0.29) is 0 Å². The predicted octanol–water partition coefficient (Wildman–Crippen LogP) is 3.41. The molecule has 0 aromatic rings. The number of allylic oxidation sites excluding steroid dienone is 1. The summed E-state index contributed by atoms with van der Waals surface area (Å²) in [5, 5.41) is 9.15. The highest BCUT2D eigenvalue weighted by Crippen LogP contribution is 2.29. The zero-order chi connectivity index (χ0) is 10.3. The molecule has 0 aromatic heterocycles. The Bertz CT molecular complexity index is 224. The summed E-state index contributed by atoms with van der Waals surface area (Å²) in [4.78, 5) is 1.75. The van der Waals surface area contributed by atoms with Crippen LogP contribution in [0.25, 0.3) is 0 Å². The average Bonchev–Trinajstić information content (AvgIpc) is 2.02. The summed E-state index contributed by atoms with van der Waals surface area (Å²) in [7, 11) is 0. The van der Waals surface area contributed by atoms with Crippen molar-refractivity contribution in [2.75, 3.05) is 0 Å². The fraction of sp³-hybridized carbons (Fsp3) is 0.500. The molecule has 0 aromatic carbocycles. The smallest absolute Gasteiger partial charge is 0.227 e. The molecule has 0 heterocycles. The molecule has 5 heteroatoms. The lowest BCUT2D eigenvalue weighted by molar-refractivity contribution is 0.237. The van der Waals surface area contributed by atoms with Gasteiger partial charge in [0.2, 0.25) is 3.79 Å². The quantitative estimate of drug-likeness (QED) is 0.471. The first kappa shape index (κ1) is 13.6. The molecule has 0 radical (unpaired) electrons. The monoisotopic (exact) mass is 304 g/mol. The van der Waals surface area contributed by atoms with Crippen LogP contribution in [0.3, 0.4) is 0 Å². The Morgan fingerprint density at radius 1 is 1.46 bits per heavy atom. The van der Waals surface area contributed by atoms with Crippen molar-refractivity contribution in [3.8, 4) is 11.8 Å². The molecule has 0 rings (SSSR count). The number of alkyl halides is 3. The zero-order valence-corrected chi connectivity index (χ0v) is 10.5. The van der Waals surface area contributed by atoms with Gasteiger partial charge in [-0.25, -0.2) is 0 Å². The minimum Gasteiger partial charge on any atom is -0.376 e. The van der Waals surface area contributed by atoms with Crippen LogP contribution in [-0.2, 0) is 0 Å². The standard InChI is InChI=1S/C8H8BrCl3O/c9-6-4-2-1-3-5-7(13)8(10,11)12/h4,6-7,13H,1-2H2/b6-4+. The summed E-state index contributed by atoms with van der Waals surface area (Å²) >= 11 is 19.3. The second-order valence-electron chi connectivity index (χ2n) is 2.17. The molecule has 0 aliphatic carbocycles. The molecule has 13 heavy (non-hydrogen) atoms. The minimum absolute atomic E-state index is 0.625. The number of rotatable bonds is 2. The summed E-state index contributed by atoms with van der Waals surface area (Å²) in [5.74, 6) is 5.14. The van der Waals surface area contributed by atoms with Crippen LogP contribution in [0.1, 0.15) is 12.8 Å². The average molecular weight is 306 g/mol. The zero-order valence-electron chi connectivity index (χ0n) is 6.61. The normalized spacial score (nSPS) is 13.9. The van der Waals surface area contributed by atoms with Crippen LogP contribution in [-0.4, -0.2) is 15.0 Å². The van der Waals surface area contributed by atoms with Crippen LogP contribution in [0.5, 0.6) is 0 Å². The van der Waals surface area contributed by atoms with E-state index in [9.17, 15) is 0 Å². The van der Waals surface area contributed by atoms with Crippen molar-refractivity contribution in [1.29, 1.82) is 0 Å². The summed E-state index contributed by atoms with van der Waals surface area (Å²) in [6.45, 7) is 0. The number of halogens is 4. The van der Waals surface area contributed by atoms with E-state index in [1.54, 1.807) is 4.99 Å². The molecule has 0 amide bonds. The maximum Gasteiger partial charge on any atom is 0.227 e. The Labute approximate surface area is 101 Å². The SMILES string of the molecule is OC(C#CCC/C=C/Br)C(Cl)(Cl)Cl. The summed E-state index contributed by atoms with van der Waals surface area (Å²) in [6.07, 6.45) is 2.09. The Kier molecular flexibility index (Phi) is 7.30. The van der Waals surface area contributed by atoms with E-state index in [0.29, 0.717) is 6.42 Å². The lowest BCUT2D eigenvalue weighted by atomic mass is 10.3. The van der Waals surface area contributed by atoms with E-state index in [2.05, 4.69) is 27.8 Å². The Morgan fingerprint density at radius 2 is 2.08 bits per heavy atom. The molecule has 0 bridgehead atoms. The van der Waals surface area contributed by atoms with Gasteiger partial charge >= 0.3 is 0 Å². The van der Waals surface area contributed by atoms with Crippen molar-refractivity contribution >= 4 is 50.7 Å². The molecular weight excluding hydrogens is 298 g/mol. The number of aliphatic hydroxyl groups excluding tert-OH is 1. The van der Waals surface area contributed by atoms with E-state index in [1.165, 1.54) is 0 Å². The highest BCUT2D eigenvalue weighted by molar-refractivity contribution is 9.11. The van der Waals surface area contributed by atoms with Crippen molar-refractivity contribution in [3.05, 3.63) is 11.1 Å². The number of hydrogen-bond donors (Lipinski definition) is 1. The molecule has 0 saturated heterocycles. The highest BCUT2D eigenvalue weighted by atomic mass is 79.9. The molecule has 0 saturated carbocycles. The molecule has 1 unspecified atom stereocenters. The molecule has 0 fully saturated rings. The van der Waals surface area contributed by atoms with Crippen LogP contribution in [0.2, 0.25) is 0 Å². The number of unbranched alkanes of at least 4 members (excludes halogenated alkanes) is 1. The predicted molar refractivity (Wildman–Crippen MR) is 61.4 cm³/mol. The molecular formula is C8H8BrCl3O. The van der Waals surface area contributed by atoms with Gasteiger partial charge in [0.25, 0.3) is 0 Å². The van der Waals surface area contributed by atoms with E-state index >= 15 is 0 Å². The van der Waals surface area contributed by atoms with E-state index < -0.39 is 9.90 Å². The third-order valence-electron chi connectivity index (χ3n) is 1.07. The number of aliphatic hydroxyl groups is 1. The summed E-state index contributed by atoms with van der Waals surface area (Å²) < 4.78 is -1.72. The molecule has 1 nitrogen and oxygen atoms in total. The largest absolute Gasteiger partial charge is 0.376 e. The van der Waals surface area contributed by atoms with Gasteiger partial charge in [0.05, 0.1) is 0 Å². The van der Waals surface area contributed by atoms with Crippen molar-refractivity contribution in [1.82, 2.24) is 0 Å². The lowest BCUT2D eigenvalue weighted by Crippen LogP contribution is -2.22. The van der Waals surface area contributed by atoms with Gasteiger partial charge < -0.3 is 5.11 Å². The van der Waals surface area contributed by atoms with E-state index in [1.807, 2.05) is 6.08 Å². The molecule has 74 valence electrons. The van der Waals surface area contributed by atoms with Gasteiger partial charge in [-0.1, -0.05) is 62.7 Å². The van der Waals surface area contributed by atoms with Crippen molar-refractivity contribution in [2.24, 2.45) is 0 Å². The molecule has 0 spiro atoms. The number of hydrogen-bond acceptors (Lipinski definition) is 1. The van der Waals surface area contributed by atoms with E-state index in [0.717, 1.165) is 6.42 Å². The first-order valence-electron chi connectivity index (χ1n) is 3.47. The fourth-order valence-corrected chi connectivity index (χ4v) is 0.897.